The molecule has 4 heteroatoms. The van der Waals surface area contributed by atoms with Gasteiger partial charge in [-0.05, 0) is 85.0 Å². The van der Waals surface area contributed by atoms with E-state index in [4.69, 9.17) is 4.74 Å². The van der Waals surface area contributed by atoms with E-state index in [1.54, 1.807) is 0 Å². The Hall–Kier alpha value is -0.740. The Morgan fingerprint density at radius 3 is 2.52 bits per heavy atom. The van der Waals surface area contributed by atoms with Gasteiger partial charge in [0.2, 0.25) is 0 Å². The summed E-state index contributed by atoms with van der Waals surface area (Å²) in [4.78, 5) is 25.0. The monoisotopic (exact) mass is 380 g/mol. The topological polar surface area (TPSA) is 63.6 Å². The average Bonchev–Trinajstić information content (AvgIpc) is 2.88. The van der Waals surface area contributed by atoms with E-state index >= 15 is 0 Å². The van der Waals surface area contributed by atoms with E-state index in [2.05, 4.69) is 34.6 Å². The highest BCUT2D eigenvalue weighted by Gasteiger charge is 2.48. The van der Waals surface area contributed by atoms with Gasteiger partial charge in [-0.15, -0.1) is 0 Å². The van der Waals surface area contributed by atoms with E-state index in [1.807, 2.05) is 0 Å². The van der Waals surface area contributed by atoms with Crippen molar-refractivity contribution in [3.63, 3.8) is 0 Å². The smallest absolute Gasteiger partial charge is 0.139 e. The summed E-state index contributed by atoms with van der Waals surface area (Å²) in [5.74, 6) is 1.19. The third-order valence-electron chi connectivity index (χ3n) is 6.48. The number of fused-ring (bicyclic) bond motifs is 1. The Morgan fingerprint density at radius 1 is 1.19 bits per heavy atom. The number of carbonyl (C=O) groups is 2. The molecule has 6 atom stereocenters. The number of Topliss-reactive ketones (excluding diaryl/α,β-unsaturated/α-hetero) is 2. The molecule has 0 aromatic heterocycles. The first-order valence-corrected chi connectivity index (χ1v) is 11.0. The second-order valence-corrected chi connectivity index (χ2v) is 9.83. The zero-order chi connectivity index (χ0) is 20.2. The molecule has 0 aromatic carbocycles. The summed E-state index contributed by atoms with van der Waals surface area (Å²) >= 11 is 0. The van der Waals surface area contributed by atoms with Crippen molar-refractivity contribution >= 4 is 11.6 Å². The number of carbonyl (C=O) groups excluding carboxylic acids is 2. The molecule has 0 radical (unpaired) electrons. The first-order chi connectivity index (χ1) is 12.6. The van der Waals surface area contributed by atoms with Crippen LogP contribution in [-0.4, -0.2) is 34.5 Å². The summed E-state index contributed by atoms with van der Waals surface area (Å²) < 4.78 is 5.91. The molecule has 0 amide bonds. The van der Waals surface area contributed by atoms with Crippen molar-refractivity contribution in [1.29, 1.82) is 0 Å². The molecular weight excluding hydrogens is 340 g/mol. The third-order valence-corrected chi connectivity index (χ3v) is 6.48. The first-order valence-electron chi connectivity index (χ1n) is 11.0. The second-order valence-electron chi connectivity index (χ2n) is 9.83. The van der Waals surface area contributed by atoms with Crippen LogP contribution in [0.1, 0.15) is 92.4 Å². The molecule has 2 rings (SSSR count). The molecule has 2 aliphatic carbocycles. The maximum Gasteiger partial charge on any atom is 0.139 e. The minimum absolute atomic E-state index is 0.0120. The number of hydrogen-bond acceptors (Lipinski definition) is 4. The average molecular weight is 381 g/mol. The van der Waals surface area contributed by atoms with Gasteiger partial charge in [-0.1, -0.05) is 6.92 Å². The number of aliphatic hydroxyl groups is 1. The minimum atomic E-state index is -0.362. The summed E-state index contributed by atoms with van der Waals surface area (Å²) in [5, 5.41) is 10.4. The van der Waals surface area contributed by atoms with E-state index in [1.165, 1.54) is 0 Å². The van der Waals surface area contributed by atoms with Crippen LogP contribution in [0.15, 0.2) is 0 Å². The molecular formula is C23H40O4. The molecule has 2 aliphatic rings. The third kappa shape index (κ3) is 6.39. The highest BCUT2D eigenvalue weighted by Crippen LogP contribution is 2.47. The van der Waals surface area contributed by atoms with Gasteiger partial charge >= 0.3 is 0 Å². The van der Waals surface area contributed by atoms with E-state index in [9.17, 15) is 14.7 Å². The Balaban J connectivity index is 1.76. The summed E-state index contributed by atoms with van der Waals surface area (Å²) in [6.45, 7) is 10.3. The lowest BCUT2D eigenvalue weighted by Crippen LogP contribution is -2.34. The molecule has 0 spiro atoms. The molecule has 0 heterocycles. The fourth-order valence-corrected chi connectivity index (χ4v) is 5.21. The fraction of sp³-hybridized carbons (Fsp3) is 0.913. The summed E-state index contributed by atoms with van der Waals surface area (Å²) in [6, 6.07) is 0. The Bertz CT molecular complexity index is 507. The Morgan fingerprint density at radius 2 is 1.89 bits per heavy atom. The fourth-order valence-electron chi connectivity index (χ4n) is 5.21. The van der Waals surface area contributed by atoms with Crippen LogP contribution in [0.2, 0.25) is 0 Å². The number of ether oxygens (including phenoxy) is 1. The molecule has 1 N–H and O–H groups in total. The number of aliphatic hydroxyl groups excluding tert-OH is 1. The molecule has 27 heavy (non-hydrogen) atoms. The number of ketones is 2. The van der Waals surface area contributed by atoms with Crippen LogP contribution >= 0.6 is 0 Å². The van der Waals surface area contributed by atoms with E-state index in [-0.39, 0.29) is 41.5 Å². The van der Waals surface area contributed by atoms with E-state index < -0.39 is 0 Å². The molecule has 4 nitrogen and oxygen atoms in total. The van der Waals surface area contributed by atoms with Crippen molar-refractivity contribution in [1.82, 2.24) is 0 Å². The van der Waals surface area contributed by atoms with Crippen LogP contribution in [0.4, 0.5) is 0 Å². The predicted octanol–water partition coefficient (Wildman–Crippen LogP) is 4.71. The maximum absolute atomic E-state index is 12.5. The van der Waals surface area contributed by atoms with Crippen molar-refractivity contribution in [2.45, 2.75) is 110 Å². The van der Waals surface area contributed by atoms with Crippen LogP contribution in [0.3, 0.4) is 0 Å². The van der Waals surface area contributed by atoms with Gasteiger partial charge in [0.05, 0.1) is 17.8 Å². The molecule has 156 valence electrons. The quantitative estimate of drug-likeness (QED) is 0.629. The van der Waals surface area contributed by atoms with Gasteiger partial charge < -0.3 is 9.84 Å². The van der Waals surface area contributed by atoms with Crippen molar-refractivity contribution < 1.29 is 19.4 Å². The number of rotatable bonds is 9. The highest BCUT2D eigenvalue weighted by molar-refractivity contribution is 5.91. The standard InChI is InChI=1S/C23H40O4/c1-6-16-14-20-18(21(25)13-12-19(20)22(16)26)11-10-17(24)9-7-8-15(2)27-23(3,4)5/h15-20,24H,6-14H2,1-5H3/t15-,16-,17-,18?,19?,20-/m1/s1. The second kappa shape index (κ2) is 9.65. The minimum Gasteiger partial charge on any atom is -0.393 e. The summed E-state index contributed by atoms with van der Waals surface area (Å²) in [6.07, 6.45) is 6.93. The van der Waals surface area contributed by atoms with Gasteiger partial charge in [-0.2, -0.15) is 0 Å². The van der Waals surface area contributed by atoms with Gasteiger partial charge in [-0.25, -0.2) is 0 Å². The molecule has 2 fully saturated rings. The van der Waals surface area contributed by atoms with Gasteiger partial charge in [0.25, 0.3) is 0 Å². The molecule has 0 aliphatic heterocycles. The van der Waals surface area contributed by atoms with E-state index in [0.717, 1.165) is 44.9 Å². The van der Waals surface area contributed by atoms with Crippen molar-refractivity contribution in [2.24, 2.45) is 23.7 Å². The first kappa shape index (κ1) is 22.5. The van der Waals surface area contributed by atoms with Gasteiger partial charge in [0.15, 0.2) is 0 Å². The molecule has 0 saturated heterocycles. The van der Waals surface area contributed by atoms with Crippen LogP contribution in [0, 0.1) is 23.7 Å². The van der Waals surface area contributed by atoms with Crippen LogP contribution in [-0.2, 0) is 14.3 Å². The summed E-state index contributed by atoms with van der Waals surface area (Å²) in [5.41, 5.74) is -0.134. The van der Waals surface area contributed by atoms with E-state index in [0.29, 0.717) is 24.4 Å². The normalized spacial score (nSPS) is 31.0. The zero-order valence-electron chi connectivity index (χ0n) is 18.0. The Labute approximate surface area is 165 Å². The van der Waals surface area contributed by atoms with Gasteiger partial charge in [-0.3, -0.25) is 9.59 Å². The molecule has 0 aromatic rings. The van der Waals surface area contributed by atoms with Crippen molar-refractivity contribution in [3.8, 4) is 0 Å². The van der Waals surface area contributed by atoms with Gasteiger partial charge in [0, 0.05) is 24.2 Å². The van der Waals surface area contributed by atoms with Crippen molar-refractivity contribution in [3.05, 3.63) is 0 Å². The summed E-state index contributed by atoms with van der Waals surface area (Å²) in [7, 11) is 0. The molecule has 0 bridgehead atoms. The lowest BCUT2D eigenvalue weighted by molar-refractivity contribution is -0.131. The van der Waals surface area contributed by atoms with Crippen LogP contribution in [0.25, 0.3) is 0 Å². The lowest BCUT2D eigenvalue weighted by atomic mass is 9.71. The van der Waals surface area contributed by atoms with Crippen LogP contribution in [0.5, 0.6) is 0 Å². The van der Waals surface area contributed by atoms with Crippen molar-refractivity contribution in [2.75, 3.05) is 0 Å². The molecule has 2 unspecified atom stereocenters. The van der Waals surface area contributed by atoms with Gasteiger partial charge in [0.1, 0.15) is 11.6 Å². The van der Waals surface area contributed by atoms with Crippen LogP contribution < -0.4 is 0 Å². The highest BCUT2D eigenvalue weighted by atomic mass is 16.5. The predicted molar refractivity (Wildman–Crippen MR) is 108 cm³/mol. The Kier molecular flexibility index (Phi) is 8.05. The SMILES string of the molecule is CC[C@@H]1C[C@@H]2C(CC[C@H](O)CCC[C@@H](C)OC(C)(C)C)C(=O)CCC2C1=O. The lowest BCUT2D eigenvalue weighted by Gasteiger charge is -2.32. The number of hydrogen-bond donors (Lipinski definition) is 1. The maximum atomic E-state index is 12.5. The molecule has 2 saturated carbocycles. The zero-order valence-corrected chi connectivity index (χ0v) is 18.0. The largest absolute Gasteiger partial charge is 0.393 e.